The average Bonchev–Trinajstić information content (AvgIpc) is 2.84. The molecular formula is C28H20Cl2O7. The van der Waals surface area contributed by atoms with Crippen molar-refractivity contribution < 1.29 is 23.8 Å². The normalized spacial score (nSPS) is 11.6. The summed E-state index contributed by atoms with van der Waals surface area (Å²) in [6.07, 6.45) is -0.0794. The molecule has 0 amide bonds. The van der Waals surface area contributed by atoms with E-state index in [0.29, 0.717) is 21.4 Å². The van der Waals surface area contributed by atoms with E-state index in [9.17, 15) is 19.8 Å². The molecule has 0 aliphatic rings. The summed E-state index contributed by atoms with van der Waals surface area (Å²) in [4.78, 5) is 26.5. The Kier molecular flexibility index (Phi) is 6.35. The molecule has 0 aliphatic heterocycles. The maximum Gasteiger partial charge on any atom is 0.344 e. The Hall–Kier alpha value is -3.94. The molecule has 0 unspecified atom stereocenters. The van der Waals surface area contributed by atoms with Crippen LogP contribution in [-0.2, 0) is 0 Å². The standard InChI is InChI=1S/C28H20Cl2O7/c1-13(2)35-17-7-3-14(4-8-17)22(23-25(31)18-11-15(29)5-9-20(18)36-27(23)33)24-26(32)19-12-16(30)6-10-21(19)37-28(24)34/h3-13,22,31-32H,1-2H3. The molecule has 2 N–H and O–H groups in total. The molecular weight excluding hydrogens is 519 g/mol. The van der Waals surface area contributed by atoms with Gasteiger partial charge in [-0.3, -0.25) is 0 Å². The summed E-state index contributed by atoms with van der Waals surface area (Å²) >= 11 is 12.2. The van der Waals surface area contributed by atoms with E-state index >= 15 is 0 Å². The van der Waals surface area contributed by atoms with E-state index in [0.717, 1.165) is 0 Å². The topological polar surface area (TPSA) is 110 Å². The monoisotopic (exact) mass is 538 g/mol. The molecule has 0 saturated carbocycles. The van der Waals surface area contributed by atoms with Crippen LogP contribution in [0.1, 0.15) is 36.5 Å². The summed E-state index contributed by atoms with van der Waals surface area (Å²) in [7, 11) is 0. The second-order valence-corrected chi connectivity index (χ2v) is 9.63. The van der Waals surface area contributed by atoms with Crippen LogP contribution in [0.4, 0.5) is 0 Å². The molecule has 188 valence electrons. The highest BCUT2D eigenvalue weighted by Gasteiger charge is 2.32. The van der Waals surface area contributed by atoms with Crippen molar-refractivity contribution in [1.82, 2.24) is 0 Å². The fourth-order valence-corrected chi connectivity index (χ4v) is 4.69. The molecule has 0 fully saturated rings. The van der Waals surface area contributed by atoms with Crippen molar-refractivity contribution in [1.29, 1.82) is 0 Å². The summed E-state index contributed by atoms with van der Waals surface area (Å²) in [5.41, 5.74) is -1.72. The van der Waals surface area contributed by atoms with E-state index in [1.54, 1.807) is 24.3 Å². The van der Waals surface area contributed by atoms with Gasteiger partial charge in [-0.15, -0.1) is 0 Å². The van der Waals surface area contributed by atoms with E-state index in [-0.39, 0.29) is 39.2 Å². The largest absolute Gasteiger partial charge is 0.507 e. The second kappa shape index (κ2) is 9.50. The van der Waals surface area contributed by atoms with Crippen LogP contribution in [0.2, 0.25) is 10.0 Å². The zero-order valence-corrected chi connectivity index (χ0v) is 21.1. The molecule has 9 heteroatoms. The molecule has 37 heavy (non-hydrogen) atoms. The first kappa shape index (κ1) is 24.7. The predicted octanol–water partition coefficient (Wildman–Crippen LogP) is 6.58. The molecule has 0 atom stereocenters. The van der Waals surface area contributed by atoms with Crippen molar-refractivity contribution in [2.75, 3.05) is 0 Å². The lowest BCUT2D eigenvalue weighted by Gasteiger charge is -2.20. The quantitative estimate of drug-likeness (QED) is 0.243. The lowest BCUT2D eigenvalue weighted by atomic mass is 9.84. The Morgan fingerprint density at radius 3 is 1.62 bits per heavy atom. The van der Waals surface area contributed by atoms with Crippen molar-refractivity contribution in [3.8, 4) is 17.2 Å². The van der Waals surface area contributed by atoms with Crippen molar-refractivity contribution in [3.05, 3.63) is 108 Å². The Bertz CT molecular complexity index is 1660. The van der Waals surface area contributed by atoms with Crippen molar-refractivity contribution >= 4 is 45.1 Å². The van der Waals surface area contributed by atoms with Crippen molar-refractivity contribution in [2.24, 2.45) is 0 Å². The van der Waals surface area contributed by atoms with Crippen molar-refractivity contribution in [3.63, 3.8) is 0 Å². The van der Waals surface area contributed by atoms with Crippen LogP contribution < -0.4 is 16.0 Å². The molecule has 5 aromatic rings. The molecule has 0 saturated heterocycles. The predicted molar refractivity (Wildman–Crippen MR) is 141 cm³/mol. The van der Waals surface area contributed by atoms with Crippen LogP contribution in [0.25, 0.3) is 21.9 Å². The molecule has 2 heterocycles. The third kappa shape index (κ3) is 4.52. The van der Waals surface area contributed by atoms with Gasteiger partial charge in [-0.2, -0.15) is 0 Å². The van der Waals surface area contributed by atoms with Gasteiger partial charge in [0, 0.05) is 10.0 Å². The fourth-order valence-electron chi connectivity index (χ4n) is 4.34. The van der Waals surface area contributed by atoms with Gasteiger partial charge in [0.1, 0.15) is 28.4 Å². The first-order chi connectivity index (χ1) is 17.6. The molecule has 0 spiro atoms. The lowest BCUT2D eigenvalue weighted by Crippen LogP contribution is -2.21. The molecule has 7 nitrogen and oxygen atoms in total. The lowest BCUT2D eigenvalue weighted by molar-refractivity contribution is 0.242. The summed E-state index contributed by atoms with van der Waals surface area (Å²) < 4.78 is 16.7. The SMILES string of the molecule is CC(C)Oc1ccc(C(c2c(O)c3cc(Cl)ccc3oc2=O)c2c(O)c3cc(Cl)ccc3oc2=O)cc1. The van der Waals surface area contributed by atoms with Gasteiger partial charge in [-0.1, -0.05) is 35.3 Å². The first-order valence-electron chi connectivity index (χ1n) is 11.3. The number of hydrogen-bond donors (Lipinski definition) is 2. The Morgan fingerprint density at radius 2 is 1.19 bits per heavy atom. The molecule has 0 bridgehead atoms. The number of aromatic hydroxyl groups is 2. The van der Waals surface area contributed by atoms with Crippen LogP contribution in [0, 0.1) is 0 Å². The minimum absolute atomic E-state index is 0.0794. The summed E-state index contributed by atoms with van der Waals surface area (Å²) in [6, 6.07) is 15.4. The molecule has 2 aromatic heterocycles. The summed E-state index contributed by atoms with van der Waals surface area (Å²) in [5, 5.41) is 23.5. The second-order valence-electron chi connectivity index (χ2n) is 8.75. The van der Waals surface area contributed by atoms with Gasteiger partial charge in [-0.05, 0) is 67.9 Å². The number of benzene rings is 3. The van der Waals surface area contributed by atoms with Crippen molar-refractivity contribution in [2.45, 2.75) is 25.9 Å². The third-order valence-corrected chi connectivity index (χ3v) is 6.38. The van der Waals surface area contributed by atoms with Crippen LogP contribution >= 0.6 is 23.2 Å². The smallest absolute Gasteiger partial charge is 0.344 e. The zero-order valence-electron chi connectivity index (χ0n) is 19.6. The van der Waals surface area contributed by atoms with Crippen LogP contribution in [0.5, 0.6) is 17.2 Å². The number of rotatable bonds is 5. The minimum Gasteiger partial charge on any atom is -0.507 e. The number of halogens is 2. The number of ether oxygens (including phenoxy) is 1. The maximum atomic E-state index is 13.3. The summed E-state index contributed by atoms with van der Waals surface area (Å²) in [6.45, 7) is 3.76. The molecule has 0 radical (unpaired) electrons. The molecule has 0 aliphatic carbocycles. The molecule has 5 rings (SSSR count). The number of hydrogen-bond acceptors (Lipinski definition) is 7. The number of fused-ring (bicyclic) bond motifs is 2. The Balaban J connectivity index is 1.85. The fraction of sp³-hybridized carbons (Fsp3) is 0.143. The highest BCUT2D eigenvalue weighted by molar-refractivity contribution is 6.31. The van der Waals surface area contributed by atoms with Gasteiger partial charge in [0.05, 0.1) is 33.9 Å². The van der Waals surface area contributed by atoms with E-state index in [4.69, 9.17) is 36.8 Å². The minimum atomic E-state index is -1.27. The third-order valence-electron chi connectivity index (χ3n) is 5.91. The summed E-state index contributed by atoms with van der Waals surface area (Å²) in [5.74, 6) is -1.59. The Morgan fingerprint density at radius 1 is 0.730 bits per heavy atom. The zero-order chi connectivity index (χ0) is 26.4. The maximum absolute atomic E-state index is 13.3. The highest BCUT2D eigenvalue weighted by atomic mass is 35.5. The van der Waals surface area contributed by atoms with Crippen LogP contribution in [-0.4, -0.2) is 16.3 Å². The van der Waals surface area contributed by atoms with Gasteiger partial charge < -0.3 is 23.8 Å². The van der Waals surface area contributed by atoms with Gasteiger partial charge in [0.2, 0.25) is 0 Å². The van der Waals surface area contributed by atoms with E-state index in [1.807, 2.05) is 13.8 Å². The van der Waals surface area contributed by atoms with Crippen LogP contribution in [0.3, 0.4) is 0 Å². The van der Waals surface area contributed by atoms with E-state index < -0.39 is 28.7 Å². The average molecular weight is 539 g/mol. The first-order valence-corrected chi connectivity index (χ1v) is 12.1. The van der Waals surface area contributed by atoms with E-state index in [2.05, 4.69) is 0 Å². The highest BCUT2D eigenvalue weighted by Crippen LogP contribution is 2.42. The molecule has 3 aromatic carbocycles. The van der Waals surface area contributed by atoms with Gasteiger partial charge in [0.25, 0.3) is 0 Å². The Labute approximate surface area is 220 Å². The van der Waals surface area contributed by atoms with Crippen LogP contribution in [0.15, 0.2) is 79.1 Å². The van der Waals surface area contributed by atoms with Gasteiger partial charge >= 0.3 is 11.3 Å². The van der Waals surface area contributed by atoms with Gasteiger partial charge in [0.15, 0.2) is 0 Å². The van der Waals surface area contributed by atoms with E-state index in [1.165, 1.54) is 36.4 Å². The van der Waals surface area contributed by atoms with Gasteiger partial charge in [-0.25, -0.2) is 9.59 Å².